The summed E-state index contributed by atoms with van der Waals surface area (Å²) in [7, 11) is 0. The SMILES string of the molecule is CCN1C(/C=C2/N(CCCC3CCCC3)c3ccccc3C2(C)C)=[N+](CC)C(Cl)C1(C)C. The summed E-state index contributed by atoms with van der Waals surface area (Å²) in [5.41, 5.74) is 4.10. The minimum Gasteiger partial charge on any atom is -0.344 e. The Kier molecular flexibility index (Phi) is 6.69. The maximum atomic E-state index is 7.00. The molecule has 1 saturated carbocycles. The average molecular weight is 457 g/mol. The molecule has 3 nitrogen and oxygen atoms in total. The molecule has 4 heteroatoms. The summed E-state index contributed by atoms with van der Waals surface area (Å²) in [6, 6.07) is 9.02. The fraction of sp³-hybridized carbons (Fsp3) is 0.679. The molecule has 0 amide bonds. The van der Waals surface area contributed by atoms with E-state index in [4.69, 9.17) is 11.6 Å². The van der Waals surface area contributed by atoms with Gasteiger partial charge >= 0.3 is 0 Å². The number of allylic oxidation sites excluding steroid dienone is 1. The van der Waals surface area contributed by atoms with Gasteiger partial charge in [-0.15, -0.1) is 0 Å². The Morgan fingerprint density at radius 1 is 1.09 bits per heavy atom. The van der Waals surface area contributed by atoms with Crippen LogP contribution in [0.4, 0.5) is 5.69 Å². The number of likely N-dealkylation sites (N-methyl/N-ethyl adjacent to an activating group) is 2. The molecule has 176 valence electrons. The number of benzene rings is 1. The van der Waals surface area contributed by atoms with Crippen LogP contribution in [0.5, 0.6) is 0 Å². The number of rotatable bonds is 7. The molecule has 1 aliphatic carbocycles. The van der Waals surface area contributed by atoms with Crippen molar-refractivity contribution in [1.82, 2.24) is 4.90 Å². The maximum absolute atomic E-state index is 7.00. The summed E-state index contributed by atoms with van der Waals surface area (Å²) in [5, 5.41) is 0. The zero-order chi connectivity index (χ0) is 23.1. The largest absolute Gasteiger partial charge is 0.344 e. The lowest BCUT2D eigenvalue weighted by Gasteiger charge is -2.29. The Bertz CT molecular complexity index is 892. The van der Waals surface area contributed by atoms with Crippen molar-refractivity contribution in [2.24, 2.45) is 5.92 Å². The van der Waals surface area contributed by atoms with Crippen molar-refractivity contribution in [3.63, 3.8) is 0 Å². The minimum absolute atomic E-state index is 0.0235. The average Bonchev–Trinajstić information content (AvgIpc) is 3.40. The Morgan fingerprint density at radius 2 is 1.78 bits per heavy atom. The molecule has 3 aliphatic rings. The number of nitrogens with zero attached hydrogens (tertiary/aromatic N) is 3. The van der Waals surface area contributed by atoms with Crippen molar-refractivity contribution in [3.05, 3.63) is 41.6 Å². The lowest BCUT2D eigenvalue weighted by molar-refractivity contribution is -0.537. The number of amidine groups is 1. The van der Waals surface area contributed by atoms with Crippen molar-refractivity contribution in [3.8, 4) is 0 Å². The van der Waals surface area contributed by atoms with E-state index in [-0.39, 0.29) is 16.5 Å². The third-order valence-corrected chi connectivity index (χ3v) is 9.08. The highest BCUT2D eigenvalue weighted by molar-refractivity contribution is 6.21. The van der Waals surface area contributed by atoms with Crippen molar-refractivity contribution in [1.29, 1.82) is 0 Å². The van der Waals surface area contributed by atoms with E-state index in [9.17, 15) is 0 Å². The molecule has 0 saturated heterocycles. The van der Waals surface area contributed by atoms with Gasteiger partial charge in [0.1, 0.15) is 0 Å². The van der Waals surface area contributed by atoms with Crippen molar-refractivity contribution < 1.29 is 4.58 Å². The highest BCUT2D eigenvalue weighted by atomic mass is 35.5. The molecule has 32 heavy (non-hydrogen) atoms. The van der Waals surface area contributed by atoms with E-state index in [1.54, 1.807) is 0 Å². The standard InChI is InChI=1S/C28H43ClN3/c1-7-30-25(32(8-2)28(5,6)26(30)29)20-24-27(3,4)22-17-11-12-18-23(22)31(24)19-13-16-21-14-9-10-15-21/h11-12,17-18,20-21,26H,7-10,13-16,19H2,1-6H3/q+1. The van der Waals surface area contributed by atoms with Crippen molar-refractivity contribution in [2.75, 3.05) is 24.5 Å². The number of alkyl halides is 1. The van der Waals surface area contributed by atoms with Gasteiger partial charge < -0.3 is 4.90 Å². The molecule has 1 fully saturated rings. The molecule has 1 aromatic rings. The third-order valence-electron chi connectivity index (χ3n) is 8.31. The molecular weight excluding hydrogens is 414 g/mol. The molecule has 1 atom stereocenters. The van der Waals surface area contributed by atoms with Crippen LogP contribution in [0.15, 0.2) is 36.0 Å². The van der Waals surface area contributed by atoms with Crippen molar-refractivity contribution in [2.45, 2.75) is 96.5 Å². The van der Waals surface area contributed by atoms with Crippen LogP contribution in [-0.4, -0.2) is 46.0 Å². The Labute approximate surface area is 201 Å². The van der Waals surface area contributed by atoms with Crippen LogP contribution in [0, 0.1) is 5.92 Å². The summed E-state index contributed by atoms with van der Waals surface area (Å²) in [5.74, 6) is 2.22. The predicted molar refractivity (Wildman–Crippen MR) is 138 cm³/mol. The smallest absolute Gasteiger partial charge is 0.275 e. The number of hydrogen-bond donors (Lipinski definition) is 0. The summed E-state index contributed by atoms with van der Waals surface area (Å²) < 4.78 is 2.38. The molecule has 1 unspecified atom stereocenters. The summed E-state index contributed by atoms with van der Waals surface area (Å²) in [6.45, 7) is 16.8. The van der Waals surface area contributed by atoms with Gasteiger partial charge in [0.2, 0.25) is 5.50 Å². The van der Waals surface area contributed by atoms with Gasteiger partial charge in [0.05, 0.1) is 13.1 Å². The molecule has 0 bridgehead atoms. The topological polar surface area (TPSA) is 9.49 Å². The van der Waals surface area contributed by atoms with E-state index in [0.29, 0.717) is 0 Å². The number of anilines is 1. The monoisotopic (exact) mass is 456 g/mol. The first-order valence-electron chi connectivity index (χ1n) is 12.9. The molecule has 1 aromatic carbocycles. The van der Waals surface area contributed by atoms with Crippen molar-refractivity contribution >= 4 is 23.1 Å². The molecule has 2 heterocycles. The lowest BCUT2D eigenvalue weighted by atomic mass is 9.83. The van der Waals surface area contributed by atoms with Crippen LogP contribution in [0.1, 0.15) is 85.6 Å². The highest BCUT2D eigenvalue weighted by Gasteiger charge is 2.52. The van der Waals surface area contributed by atoms with Gasteiger partial charge in [-0.05, 0) is 58.1 Å². The van der Waals surface area contributed by atoms with Crippen LogP contribution in [0.2, 0.25) is 0 Å². The lowest BCUT2D eigenvalue weighted by Crippen LogP contribution is -2.47. The summed E-state index contributed by atoms with van der Waals surface area (Å²) >= 11 is 7.00. The number of halogens is 1. The first-order chi connectivity index (χ1) is 15.2. The van der Waals surface area contributed by atoms with E-state index in [1.165, 1.54) is 61.3 Å². The third kappa shape index (κ3) is 3.89. The van der Waals surface area contributed by atoms with Gasteiger partial charge in [-0.3, -0.25) is 4.90 Å². The number of fused-ring (bicyclic) bond motifs is 1. The van der Waals surface area contributed by atoms with E-state index in [0.717, 1.165) is 25.6 Å². The second kappa shape index (κ2) is 9.05. The van der Waals surface area contributed by atoms with E-state index >= 15 is 0 Å². The summed E-state index contributed by atoms with van der Waals surface area (Å²) in [6.07, 6.45) is 10.8. The fourth-order valence-corrected chi connectivity index (χ4v) is 6.79. The molecular formula is C28H43ClN3+. The van der Waals surface area contributed by atoms with Crippen LogP contribution < -0.4 is 4.90 Å². The molecule has 2 aliphatic heterocycles. The zero-order valence-corrected chi connectivity index (χ0v) is 21.9. The quantitative estimate of drug-likeness (QED) is 0.255. The predicted octanol–water partition coefficient (Wildman–Crippen LogP) is 6.75. The van der Waals surface area contributed by atoms with Crippen LogP contribution in [0.25, 0.3) is 0 Å². The van der Waals surface area contributed by atoms with E-state index in [1.807, 2.05) is 0 Å². The van der Waals surface area contributed by atoms with E-state index < -0.39 is 0 Å². The molecule has 0 radical (unpaired) electrons. The van der Waals surface area contributed by atoms with Gasteiger partial charge in [-0.25, -0.2) is 4.58 Å². The zero-order valence-electron chi connectivity index (χ0n) is 21.1. The second-order valence-electron chi connectivity index (χ2n) is 11.0. The van der Waals surface area contributed by atoms with Gasteiger partial charge in [0.25, 0.3) is 5.84 Å². The summed E-state index contributed by atoms with van der Waals surface area (Å²) in [4.78, 5) is 5.12. The second-order valence-corrected chi connectivity index (χ2v) is 11.4. The van der Waals surface area contributed by atoms with Crippen LogP contribution in [0.3, 0.4) is 0 Å². The minimum atomic E-state index is -0.0956. The first kappa shape index (κ1) is 23.7. The Hall–Kier alpha value is -1.48. The number of hydrogen-bond acceptors (Lipinski definition) is 2. The molecule has 0 aromatic heterocycles. The Balaban J connectivity index is 1.72. The molecule has 0 N–H and O–H groups in total. The van der Waals surface area contributed by atoms with Gasteiger partial charge in [0.15, 0.2) is 5.54 Å². The number of para-hydroxylation sites is 1. The molecule has 0 spiro atoms. The van der Waals surface area contributed by atoms with Gasteiger partial charge in [0, 0.05) is 29.4 Å². The van der Waals surface area contributed by atoms with E-state index in [2.05, 4.69) is 86.3 Å². The Morgan fingerprint density at radius 3 is 2.44 bits per heavy atom. The maximum Gasteiger partial charge on any atom is 0.275 e. The van der Waals surface area contributed by atoms with Gasteiger partial charge in [-0.1, -0.05) is 69.3 Å². The highest BCUT2D eigenvalue weighted by Crippen LogP contribution is 2.48. The normalized spacial score (nSPS) is 26.0. The van der Waals surface area contributed by atoms with Crippen LogP contribution in [-0.2, 0) is 5.41 Å². The molecule has 4 rings (SSSR count). The van der Waals surface area contributed by atoms with Gasteiger partial charge in [-0.2, -0.15) is 0 Å². The fourth-order valence-electron chi connectivity index (χ4n) is 6.43. The van der Waals surface area contributed by atoms with Crippen LogP contribution >= 0.6 is 11.6 Å². The first-order valence-corrected chi connectivity index (χ1v) is 13.3.